The molecule has 0 saturated carbocycles. The van der Waals surface area contributed by atoms with E-state index in [9.17, 15) is 27.2 Å². The summed E-state index contributed by atoms with van der Waals surface area (Å²) in [6.07, 6.45) is -5.28. The molecule has 0 heterocycles. The number of esters is 1. The van der Waals surface area contributed by atoms with Crippen molar-refractivity contribution in [3.63, 3.8) is 0 Å². The normalized spacial score (nSPS) is 14.2. The molecule has 0 aliphatic carbocycles. The van der Waals surface area contributed by atoms with Crippen LogP contribution in [0.1, 0.15) is 17.3 Å². The van der Waals surface area contributed by atoms with Crippen LogP contribution in [0.4, 0.5) is 17.6 Å². The molecular weight excluding hydrogens is 318 g/mol. The van der Waals surface area contributed by atoms with Crippen molar-refractivity contribution in [1.82, 2.24) is 5.32 Å². The second kappa shape index (κ2) is 6.30. The summed E-state index contributed by atoms with van der Waals surface area (Å²) in [6.45, 7) is 0.934. The maximum absolute atomic E-state index is 12.9. The van der Waals surface area contributed by atoms with Gasteiger partial charge >= 0.3 is 17.1 Å². The first-order chi connectivity index (χ1) is 9.61. The van der Waals surface area contributed by atoms with E-state index in [1.807, 2.05) is 0 Å². The van der Waals surface area contributed by atoms with Crippen molar-refractivity contribution < 1.29 is 31.9 Å². The molecule has 0 radical (unpaired) electrons. The van der Waals surface area contributed by atoms with Gasteiger partial charge in [-0.25, -0.2) is 9.18 Å². The van der Waals surface area contributed by atoms with Crippen LogP contribution in [0, 0.1) is 5.82 Å². The minimum Gasteiger partial charge on any atom is -0.463 e. The van der Waals surface area contributed by atoms with E-state index in [1.54, 1.807) is 0 Å². The van der Waals surface area contributed by atoms with Crippen LogP contribution in [0.3, 0.4) is 0 Å². The number of alkyl halides is 4. The van der Waals surface area contributed by atoms with Crippen molar-refractivity contribution in [2.24, 2.45) is 0 Å². The van der Waals surface area contributed by atoms with Crippen LogP contribution in [-0.4, -0.2) is 29.7 Å². The maximum Gasteiger partial charge on any atom is 0.437 e. The zero-order valence-corrected chi connectivity index (χ0v) is 11.4. The van der Waals surface area contributed by atoms with Crippen molar-refractivity contribution in [2.45, 2.75) is 18.1 Å². The Morgan fingerprint density at radius 3 is 2.19 bits per heavy atom. The summed E-state index contributed by atoms with van der Waals surface area (Å²) in [7, 11) is 0. The Morgan fingerprint density at radius 1 is 1.24 bits per heavy atom. The average Bonchev–Trinajstić information content (AvgIpc) is 2.38. The molecule has 0 aliphatic rings. The van der Waals surface area contributed by atoms with E-state index in [0.29, 0.717) is 0 Å². The van der Waals surface area contributed by atoms with E-state index in [-0.39, 0.29) is 12.2 Å². The Hall–Kier alpha value is -1.83. The van der Waals surface area contributed by atoms with Gasteiger partial charge in [0, 0.05) is 5.56 Å². The highest BCUT2D eigenvalue weighted by molar-refractivity contribution is 6.35. The molecule has 0 aliphatic heterocycles. The number of carbonyl (C=O) groups is 2. The van der Waals surface area contributed by atoms with E-state index in [2.05, 4.69) is 4.74 Å². The molecule has 21 heavy (non-hydrogen) atoms. The van der Waals surface area contributed by atoms with Gasteiger partial charge in [-0.15, -0.1) is 0 Å². The number of hydrogen-bond donors (Lipinski definition) is 1. The van der Waals surface area contributed by atoms with Crippen molar-refractivity contribution in [3.05, 3.63) is 35.6 Å². The molecule has 1 N–H and O–H groups in total. The van der Waals surface area contributed by atoms with Crippen LogP contribution in [0.5, 0.6) is 0 Å². The number of benzene rings is 1. The largest absolute Gasteiger partial charge is 0.463 e. The lowest BCUT2D eigenvalue weighted by Crippen LogP contribution is -2.60. The smallest absolute Gasteiger partial charge is 0.437 e. The molecule has 0 bridgehead atoms. The van der Waals surface area contributed by atoms with Crippen LogP contribution in [-0.2, 0) is 9.53 Å². The van der Waals surface area contributed by atoms with Gasteiger partial charge in [0.1, 0.15) is 5.82 Å². The standard InChI is InChI=1S/C12H10ClF4NO3/c1-2-21-10(20)11(13,12(15,16)17)18-9(19)7-3-5-8(14)6-4-7/h3-6H,2H2,1H3,(H,18,19)/t11-/m0/s1. The summed E-state index contributed by atoms with van der Waals surface area (Å²) < 4.78 is 55.7. The van der Waals surface area contributed by atoms with Crippen LogP contribution in [0.15, 0.2) is 24.3 Å². The highest BCUT2D eigenvalue weighted by atomic mass is 35.5. The Balaban J connectivity index is 3.04. The monoisotopic (exact) mass is 327 g/mol. The third kappa shape index (κ3) is 3.84. The lowest BCUT2D eigenvalue weighted by Gasteiger charge is -2.28. The molecule has 4 nitrogen and oxygen atoms in total. The average molecular weight is 328 g/mol. The second-order valence-electron chi connectivity index (χ2n) is 3.84. The summed E-state index contributed by atoms with van der Waals surface area (Å²) >= 11 is 5.22. The van der Waals surface area contributed by atoms with Gasteiger partial charge in [-0.05, 0) is 31.2 Å². The molecule has 0 fully saturated rings. The number of ether oxygens (including phenoxy) is 1. The first kappa shape index (κ1) is 17.2. The zero-order chi connectivity index (χ0) is 16.3. The van der Waals surface area contributed by atoms with Gasteiger partial charge in [0.25, 0.3) is 5.91 Å². The van der Waals surface area contributed by atoms with E-state index in [1.165, 1.54) is 12.2 Å². The summed E-state index contributed by atoms with van der Waals surface area (Å²) in [4.78, 5) is 19.4. The molecule has 1 rings (SSSR count). The highest BCUT2D eigenvalue weighted by Crippen LogP contribution is 2.35. The lowest BCUT2D eigenvalue weighted by atomic mass is 10.2. The van der Waals surface area contributed by atoms with E-state index in [4.69, 9.17) is 11.6 Å². The Labute approximate surface area is 122 Å². The predicted molar refractivity (Wildman–Crippen MR) is 65.1 cm³/mol. The van der Waals surface area contributed by atoms with E-state index >= 15 is 0 Å². The fourth-order valence-electron chi connectivity index (χ4n) is 1.30. The fourth-order valence-corrected chi connectivity index (χ4v) is 1.44. The Kier molecular flexibility index (Phi) is 5.16. The molecule has 0 unspecified atom stereocenters. The van der Waals surface area contributed by atoms with Gasteiger partial charge in [-0.2, -0.15) is 13.2 Å². The number of hydrogen-bond acceptors (Lipinski definition) is 3. The topological polar surface area (TPSA) is 55.4 Å². The molecular formula is C12H10ClF4NO3. The quantitative estimate of drug-likeness (QED) is 0.400. The molecule has 0 aromatic heterocycles. The maximum atomic E-state index is 12.9. The Morgan fingerprint density at radius 2 is 1.76 bits per heavy atom. The van der Waals surface area contributed by atoms with Crippen LogP contribution in [0.25, 0.3) is 0 Å². The number of amides is 1. The molecule has 1 amide bonds. The molecule has 116 valence electrons. The summed E-state index contributed by atoms with van der Waals surface area (Å²) in [5, 5.41) is 1.36. The summed E-state index contributed by atoms with van der Waals surface area (Å²) in [5.41, 5.74) is -0.296. The van der Waals surface area contributed by atoms with Gasteiger partial charge in [-0.3, -0.25) is 4.79 Å². The van der Waals surface area contributed by atoms with Crippen LogP contribution >= 0.6 is 11.6 Å². The molecule has 9 heteroatoms. The molecule has 1 aromatic rings. The Bertz CT molecular complexity index is 532. The van der Waals surface area contributed by atoms with Crippen LogP contribution in [0.2, 0.25) is 0 Å². The molecule has 1 atom stereocenters. The van der Waals surface area contributed by atoms with Gasteiger partial charge in [0.2, 0.25) is 0 Å². The van der Waals surface area contributed by atoms with E-state index < -0.39 is 28.9 Å². The number of carbonyl (C=O) groups excluding carboxylic acids is 2. The van der Waals surface area contributed by atoms with Gasteiger partial charge in [-0.1, -0.05) is 11.6 Å². The number of nitrogens with one attached hydrogen (secondary N) is 1. The van der Waals surface area contributed by atoms with Crippen molar-refractivity contribution in [1.29, 1.82) is 0 Å². The van der Waals surface area contributed by atoms with Crippen LogP contribution < -0.4 is 5.32 Å². The van der Waals surface area contributed by atoms with Crippen molar-refractivity contribution in [2.75, 3.05) is 6.61 Å². The molecule has 0 saturated heterocycles. The molecule has 1 aromatic carbocycles. The first-order valence-electron chi connectivity index (χ1n) is 5.62. The highest BCUT2D eigenvalue weighted by Gasteiger charge is 2.62. The predicted octanol–water partition coefficient (Wildman–Crippen LogP) is 2.62. The van der Waals surface area contributed by atoms with E-state index in [0.717, 1.165) is 24.3 Å². The number of rotatable bonds is 4. The second-order valence-corrected chi connectivity index (χ2v) is 4.40. The summed E-state index contributed by atoms with van der Waals surface area (Å²) in [5.74, 6) is -3.82. The van der Waals surface area contributed by atoms with Gasteiger partial charge in [0.05, 0.1) is 6.61 Å². The SMILES string of the molecule is CCOC(=O)[C@](Cl)(NC(=O)c1ccc(F)cc1)C(F)(F)F. The third-order valence-corrected chi connectivity index (χ3v) is 2.80. The molecule has 0 spiro atoms. The van der Waals surface area contributed by atoms with Gasteiger partial charge < -0.3 is 10.1 Å². The lowest BCUT2D eigenvalue weighted by molar-refractivity contribution is -0.192. The third-order valence-electron chi connectivity index (χ3n) is 2.34. The van der Waals surface area contributed by atoms with Gasteiger partial charge in [0.15, 0.2) is 0 Å². The summed E-state index contributed by atoms with van der Waals surface area (Å²) in [6, 6.07) is 3.65. The van der Waals surface area contributed by atoms with Crippen molar-refractivity contribution in [3.8, 4) is 0 Å². The fraction of sp³-hybridized carbons (Fsp3) is 0.333. The minimum atomic E-state index is -5.28. The number of halogens is 5. The minimum absolute atomic E-state index is 0.296. The zero-order valence-electron chi connectivity index (χ0n) is 10.6. The first-order valence-corrected chi connectivity index (χ1v) is 6.00. The van der Waals surface area contributed by atoms with Crippen molar-refractivity contribution >= 4 is 23.5 Å².